The first-order valence-electron chi connectivity index (χ1n) is 5.70. The van der Waals surface area contributed by atoms with E-state index in [1.807, 2.05) is 31.2 Å². The monoisotopic (exact) mass is 245 g/mol. The highest BCUT2D eigenvalue weighted by Crippen LogP contribution is 2.28. The van der Waals surface area contributed by atoms with Crippen LogP contribution in [0.15, 0.2) is 42.5 Å². The Morgan fingerprint density at radius 1 is 1.11 bits per heavy atom. The molecule has 0 saturated carbocycles. The Kier molecular flexibility index (Phi) is 3.60. The molecule has 4 heteroatoms. The molecule has 0 amide bonds. The molecule has 0 aliphatic rings. The first-order chi connectivity index (χ1) is 8.63. The Bertz CT molecular complexity index is 554. The molecule has 3 nitrogen and oxygen atoms in total. The van der Waals surface area contributed by atoms with Crippen molar-refractivity contribution in [2.75, 3.05) is 5.73 Å². The Morgan fingerprint density at radius 2 is 1.83 bits per heavy atom. The molecule has 0 fully saturated rings. The number of nitrogens with two attached hydrogens (primary N) is 2. The second-order valence-electron chi connectivity index (χ2n) is 4.23. The van der Waals surface area contributed by atoms with Gasteiger partial charge in [-0.1, -0.05) is 24.3 Å². The first-order valence-corrected chi connectivity index (χ1v) is 5.70. The number of hydrogen-bond donors (Lipinski definition) is 3. The average molecular weight is 245 g/mol. The lowest BCUT2D eigenvalue weighted by Crippen LogP contribution is -2.30. The maximum absolute atomic E-state index is 13.1. The second-order valence-corrected chi connectivity index (χ2v) is 4.23. The number of halogens is 1. The molecule has 2 rings (SSSR count). The Hall–Kier alpha value is -1.91. The van der Waals surface area contributed by atoms with E-state index in [-0.39, 0.29) is 11.9 Å². The predicted molar refractivity (Wildman–Crippen MR) is 71.2 cm³/mol. The fraction of sp³-hybridized carbons (Fsp3) is 0.143. The number of hydrogen-bond acceptors (Lipinski definition) is 3. The molecule has 0 aromatic heterocycles. The molecule has 0 spiro atoms. The summed E-state index contributed by atoms with van der Waals surface area (Å²) < 4.78 is 13.1. The van der Waals surface area contributed by atoms with Crippen LogP contribution in [0.25, 0.3) is 0 Å². The van der Waals surface area contributed by atoms with Crippen LogP contribution in [0.5, 0.6) is 0 Å². The third-order valence-electron chi connectivity index (χ3n) is 3.02. The third-order valence-corrected chi connectivity index (χ3v) is 3.02. The van der Waals surface area contributed by atoms with Crippen molar-refractivity contribution in [3.8, 4) is 0 Å². The summed E-state index contributed by atoms with van der Waals surface area (Å²) in [7, 11) is 0. The summed E-state index contributed by atoms with van der Waals surface area (Å²) in [6.07, 6.45) is 0. The summed E-state index contributed by atoms with van der Waals surface area (Å²) in [5.74, 6) is 5.36. The van der Waals surface area contributed by atoms with Crippen molar-refractivity contribution in [3.05, 3.63) is 65.0 Å². The summed E-state index contributed by atoms with van der Waals surface area (Å²) in [6.45, 7) is 1.85. The lowest BCUT2D eigenvalue weighted by molar-refractivity contribution is 0.612. The van der Waals surface area contributed by atoms with Crippen LogP contribution in [0, 0.1) is 12.7 Å². The Morgan fingerprint density at radius 3 is 2.44 bits per heavy atom. The van der Waals surface area contributed by atoms with Gasteiger partial charge in [-0.3, -0.25) is 5.84 Å². The highest BCUT2D eigenvalue weighted by molar-refractivity contribution is 5.52. The average Bonchev–Trinajstić information content (AvgIpc) is 2.34. The normalized spacial score (nSPS) is 12.4. The van der Waals surface area contributed by atoms with Gasteiger partial charge >= 0.3 is 0 Å². The summed E-state index contributed by atoms with van der Waals surface area (Å²) in [5, 5.41) is 0. The van der Waals surface area contributed by atoms with Crippen LogP contribution in [-0.4, -0.2) is 0 Å². The zero-order chi connectivity index (χ0) is 13.1. The van der Waals surface area contributed by atoms with Crippen molar-refractivity contribution < 1.29 is 4.39 Å². The molecule has 0 heterocycles. The standard InChI is InChI=1S/C14H16FN3/c1-9-8-10(15)6-7-11(9)14(18-17)12-4-2-3-5-13(12)16/h2-8,14,18H,16-17H2,1H3. The van der Waals surface area contributed by atoms with Gasteiger partial charge in [-0.2, -0.15) is 0 Å². The molecule has 5 N–H and O–H groups in total. The lowest BCUT2D eigenvalue weighted by atomic mass is 9.94. The van der Waals surface area contributed by atoms with Crippen molar-refractivity contribution in [1.29, 1.82) is 0 Å². The van der Waals surface area contributed by atoms with Gasteiger partial charge in [-0.15, -0.1) is 0 Å². The second kappa shape index (κ2) is 5.16. The SMILES string of the molecule is Cc1cc(F)ccc1C(NN)c1ccccc1N. The van der Waals surface area contributed by atoms with Crippen molar-refractivity contribution in [1.82, 2.24) is 5.43 Å². The Balaban J connectivity index is 2.49. The van der Waals surface area contributed by atoms with Crippen molar-refractivity contribution in [3.63, 3.8) is 0 Å². The van der Waals surface area contributed by atoms with Gasteiger partial charge in [0.05, 0.1) is 6.04 Å². The van der Waals surface area contributed by atoms with E-state index in [2.05, 4.69) is 5.43 Å². The number of hydrazine groups is 1. The minimum absolute atomic E-state index is 0.244. The molecule has 18 heavy (non-hydrogen) atoms. The van der Waals surface area contributed by atoms with E-state index in [9.17, 15) is 4.39 Å². The van der Waals surface area contributed by atoms with Gasteiger partial charge in [0, 0.05) is 5.69 Å². The summed E-state index contributed by atoms with van der Waals surface area (Å²) in [4.78, 5) is 0. The van der Waals surface area contributed by atoms with Crippen molar-refractivity contribution >= 4 is 5.69 Å². The number of nitrogen functional groups attached to an aromatic ring is 1. The van der Waals surface area contributed by atoms with Crippen molar-refractivity contribution in [2.24, 2.45) is 5.84 Å². The minimum atomic E-state index is -0.256. The number of nitrogens with one attached hydrogen (secondary N) is 1. The van der Waals surface area contributed by atoms with Crippen LogP contribution in [0.3, 0.4) is 0 Å². The molecule has 0 radical (unpaired) electrons. The number of anilines is 1. The maximum Gasteiger partial charge on any atom is 0.123 e. The quantitative estimate of drug-likeness (QED) is 0.441. The predicted octanol–water partition coefficient (Wildman–Crippen LogP) is 2.27. The van der Waals surface area contributed by atoms with Gasteiger partial charge in [0.2, 0.25) is 0 Å². The fourth-order valence-electron chi connectivity index (χ4n) is 2.08. The minimum Gasteiger partial charge on any atom is -0.398 e. The van der Waals surface area contributed by atoms with E-state index in [0.29, 0.717) is 5.69 Å². The van der Waals surface area contributed by atoms with E-state index in [4.69, 9.17) is 11.6 Å². The zero-order valence-corrected chi connectivity index (χ0v) is 10.2. The van der Waals surface area contributed by atoms with E-state index < -0.39 is 0 Å². The topological polar surface area (TPSA) is 64.1 Å². The highest BCUT2D eigenvalue weighted by Gasteiger charge is 2.16. The van der Waals surface area contributed by atoms with Crippen LogP contribution < -0.4 is 17.0 Å². The molecule has 1 atom stereocenters. The number of rotatable bonds is 3. The number of para-hydroxylation sites is 1. The van der Waals surface area contributed by atoms with Crippen LogP contribution >= 0.6 is 0 Å². The van der Waals surface area contributed by atoms with Crippen LogP contribution in [-0.2, 0) is 0 Å². The molecule has 0 saturated heterocycles. The highest BCUT2D eigenvalue weighted by atomic mass is 19.1. The number of aryl methyl sites for hydroxylation is 1. The van der Waals surface area contributed by atoms with Gasteiger partial charge in [-0.05, 0) is 41.8 Å². The van der Waals surface area contributed by atoms with Gasteiger partial charge < -0.3 is 5.73 Å². The van der Waals surface area contributed by atoms with E-state index >= 15 is 0 Å². The molecule has 0 aliphatic heterocycles. The molecule has 0 aliphatic carbocycles. The smallest absolute Gasteiger partial charge is 0.123 e. The van der Waals surface area contributed by atoms with Crippen LogP contribution in [0.1, 0.15) is 22.7 Å². The van der Waals surface area contributed by atoms with E-state index in [1.165, 1.54) is 12.1 Å². The maximum atomic E-state index is 13.1. The molecular weight excluding hydrogens is 229 g/mol. The van der Waals surface area contributed by atoms with Crippen LogP contribution in [0.2, 0.25) is 0 Å². The van der Waals surface area contributed by atoms with Crippen LogP contribution in [0.4, 0.5) is 10.1 Å². The first kappa shape index (κ1) is 12.5. The molecule has 2 aromatic rings. The largest absolute Gasteiger partial charge is 0.398 e. The van der Waals surface area contributed by atoms with E-state index in [1.54, 1.807) is 6.07 Å². The van der Waals surface area contributed by atoms with Gasteiger partial charge in [0.15, 0.2) is 0 Å². The van der Waals surface area contributed by atoms with Gasteiger partial charge in [0.25, 0.3) is 0 Å². The summed E-state index contributed by atoms with van der Waals surface area (Å²) in [6, 6.07) is 11.9. The molecule has 2 aromatic carbocycles. The fourth-order valence-corrected chi connectivity index (χ4v) is 2.08. The van der Waals surface area contributed by atoms with Gasteiger partial charge in [0.1, 0.15) is 5.82 Å². The third kappa shape index (κ3) is 2.34. The lowest BCUT2D eigenvalue weighted by Gasteiger charge is -2.20. The molecule has 1 unspecified atom stereocenters. The zero-order valence-electron chi connectivity index (χ0n) is 10.2. The Labute approximate surface area is 106 Å². The van der Waals surface area contributed by atoms with E-state index in [0.717, 1.165) is 16.7 Å². The van der Waals surface area contributed by atoms with Gasteiger partial charge in [-0.25, -0.2) is 9.82 Å². The summed E-state index contributed by atoms with van der Waals surface area (Å²) in [5.41, 5.74) is 12.0. The number of benzene rings is 2. The molecular formula is C14H16FN3. The molecule has 0 bridgehead atoms. The molecule has 94 valence electrons. The van der Waals surface area contributed by atoms with Crippen molar-refractivity contribution in [2.45, 2.75) is 13.0 Å². The summed E-state index contributed by atoms with van der Waals surface area (Å²) >= 11 is 0.